The third-order valence-corrected chi connectivity index (χ3v) is 6.36. The molecule has 1 aromatic rings. The van der Waals surface area contributed by atoms with Crippen LogP contribution in [0.1, 0.15) is 43.7 Å². The fourth-order valence-corrected chi connectivity index (χ4v) is 4.81. The molecule has 3 aliphatic carbocycles. The molecule has 4 rings (SSSR count). The molecule has 0 saturated heterocycles. The van der Waals surface area contributed by atoms with Gasteiger partial charge in [-0.1, -0.05) is 61.7 Å². The topological polar surface area (TPSA) is 66.4 Å². The molecule has 0 spiro atoms. The van der Waals surface area contributed by atoms with E-state index in [1.54, 1.807) is 0 Å². The van der Waals surface area contributed by atoms with Crippen LogP contribution >= 0.6 is 0 Å². The van der Waals surface area contributed by atoms with Crippen molar-refractivity contribution in [3.8, 4) is 0 Å². The van der Waals surface area contributed by atoms with Crippen LogP contribution in [0.2, 0.25) is 0 Å². The lowest BCUT2D eigenvalue weighted by atomic mass is 9.79. The van der Waals surface area contributed by atoms with Crippen molar-refractivity contribution < 1.29 is 14.7 Å². The Bertz CT molecular complexity index is 680. The number of carboxylic acid groups (broad SMARTS) is 1. The summed E-state index contributed by atoms with van der Waals surface area (Å²) >= 11 is 0. The number of nitrogens with one attached hydrogen (secondary N) is 1. The molecule has 0 radical (unpaired) electrons. The number of amides is 1. The number of carbonyl (C=O) groups is 2. The average molecular weight is 339 g/mol. The Morgan fingerprint density at radius 3 is 2.36 bits per heavy atom. The molecule has 2 bridgehead atoms. The van der Waals surface area contributed by atoms with Crippen LogP contribution in [0, 0.1) is 29.6 Å². The third kappa shape index (κ3) is 3.10. The van der Waals surface area contributed by atoms with Gasteiger partial charge in [0, 0.05) is 0 Å². The lowest BCUT2D eigenvalue weighted by Gasteiger charge is -2.32. The Kier molecular flexibility index (Phi) is 4.36. The Morgan fingerprint density at radius 1 is 1.08 bits per heavy atom. The lowest BCUT2D eigenvalue weighted by molar-refractivity contribution is -0.148. The number of aliphatic carboxylic acids is 1. The SMILES string of the molecule is O=C(O)C1C2C=CC(C2)C1C(=O)NC(CC1CCC1)c1ccccc1. The van der Waals surface area contributed by atoms with E-state index in [2.05, 4.69) is 17.4 Å². The summed E-state index contributed by atoms with van der Waals surface area (Å²) in [5.41, 5.74) is 1.12. The molecule has 2 N–H and O–H groups in total. The number of benzene rings is 1. The molecular weight excluding hydrogens is 314 g/mol. The molecule has 2 saturated carbocycles. The van der Waals surface area contributed by atoms with Crippen LogP contribution in [0.15, 0.2) is 42.5 Å². The van der Waals surface area contributed by atoms with Crippen molar-refractivity contribution in [1.82, 2.24) is 5.32 Å². The van der Waals surface area contributed by atoms with Crippen molar-refractivity contribution >= 4 is 11.9 Å². The highest BCUT2D eigenvalue weighted by atomic mass is 16.4. The van der Waals surface area contributed by atoms with Crippen molar-refractivity contribution in [3.05, 3.63) is 48.0 Å². The van der Waals surface area contributed by atoms with Crippen molar-refractivity contribution in [1.29, 1.82) is 0 Å². The first-order valence-electron chi connectivity index (χ1n) is 9.40. The molecule has 25 heavy (non-hydrogen) atoms. The maximum Gasteiger partial charge on any atom is 0.307 e. The predicted octanol–water partition coefficient (Wildman–Crippen LogP) is 3.56. The fraction of sp³-hybridized carbons (Fsp3) is 0.524. The van der Waals surface area contributed by atoms with E-state index in [0.29, 0.717) is 5.92 Å². The van der Waals surface area contributed by atoms with E-state index in [0.717, 1.165) is 18.4 Å². The van der Waals surface area contributed by atoms with Crippen molar-refractivity contribution in [3.63, 3.8) is 0 Å². The Balaban J connectivity index is 1.52. The van der Waals surface area contributed by atoms with Crippen LogP contribution in [0.5, 0.6) is 0 Å². The van der Waals surface area contributed by atoms with Gasteiger partial charge in [-0.25, -0.2) is 0 Å². The smallest absolute Gasteiger partial charge is 0.307 e. The first kappa shape index (κ1) is 16.4. The molecule has 0 aromatic heterocycles. The van der Waals surface area contributed by atoms with Gasteiger partial charge in [0.1, 0.15) is 0 Å². The summed E-state index contributed by atoms with van der Waals surface area (Å²) in [5, 5.41) is 12.8. The maximum absolute atomic E-state index is 13.0. The standard InChI is InChI=1S/C21H25NO3/c23-20(18-15-9-10-16(12-15)19(18)21(24)25)22-17(11-13-5-4-6-13)14-7-2-1-3-8-14/h1-3,7-10,13,15-19H,4-6,11-12H2,(H,22,23)(H,24,25). The van der Waals surface area contributed by atoms with Crippen molar-refractivity contribution in [2.24, 2.45) is 29.6 Å². The number of allylic oxidation sites excluding steroid dienone is 2. The minimum Gasteiger partial charge on any atom is -0.481 e. The zero-order chi connectivity index (χ0) is 17.4. The van der Waals surface area contributed by atoms with Crippen LogP contribution in [-0.4, -0.2) is 17.0 Å². The normalized spacial score (nSPS) is 31.5. The summed E-state index contributed by atoms with van der Waals surface area (Å²) < 4.78 is 0. The number of hydrogen-bond donors (Lipinski definition) is 2. The number of carbonyl (C=O) groups excluding carboxylic acids is 1. The van der Waals surface area contributed by atoms with E-state index >= 15 is 0 Å². The predicted molar refractivity (Wildman–Crippen MR) is 94.6 cm³/mol. The number of carboxylic acids is 1. The highest BCUT2D eigenvalue weighted by Gasteiger charge is 2.51. The Hall–Kier alpha value is -2.10. The molecule has 3 aliphatic rings. The molecule has 1 aromatic carbocycles. The van der Waals surface area contributed by atoms with Gasteiger partial charge in [-0.05, 0) is 36.2 Å². The first-order valence-corrected chi connectivity index (χ1v) is 9.40. The van der Waals surface area contributed by atoms with Crippen LogP contribution in [0.25, 0.3) is 0 Å². The minimum absolute atomic E-state index is 0.0139. The van der Waals surface area contributed by atoms with Crippen molar-refractivity contribution in [2.75, 3.05) is 0 Å². The molecule has 5 atom stereocenters. The summed E-state index contributed by atoms with van der Waals surface area (Å²) in [6.45, 7) is 0. The molecule has 132 valence electrons. The lowest BCUT2D eigenvalue weighted by Crippen LogP contribution is -2.42. The maximum atomic E-state index is 13.0. The second-order valence-corrected chi connectivity index (χ2v) is 7.84. The first-order chi connectivity index (χ1) is 12.1. The Labute approximate surface area is 148 Å². The van der Waals surface area contributed by atoms with E-state index in [1.807, 2.05) is 30.4 Å². The molecule has 4 nitrogen and oxygen atoms in total. The molecule has 2 fully saturated rings. The monoisotopic (exact) mass is 339 g/mol. The third-order valence-electron chi connectivity index (χ3n) is 6.36. The van der Waals surface area contributed by atoms with Crippen LogP contribution in [0.3, 0.4) is 0 Å². The molecule has 0 aliphatic heterocycles. The van der Waals surface area contributed by atoms with Crippen LogP contribution < -0.4 is 5.32 Å². The molecule has 4 heteroatoms. The van der Waals surface area contributed by atoms with Crippen molar-refractivity contribution in [2.45, 2.75) is 38.1 Å². The second kappa shape index (κ2) is 6.66. The van der Waals surface area contributed by atoms with E-state index in [4.69, 9.17) is 0 Å². The number of hydrogen-bond acceptors (Lipinski definition) is 2. The van der Waals surface area contributed by atoms with Gasteiger partial charge < -0.3 is 10.4 Å². The quantitative estimate of drug-likeness (QED) is 0.779. The molecule has 5 unspecified atom stereocenters. The van der Waals surface area contributed by atoms with Gasteiger partial charge in [-0.2, -0.15) is 0 Å². The van der Waals surface area contributed by atoms with Gasteiger partial charge >= 0.3 is 5.97 Å². The Morgan fingerprint density at radius 2 is 1.76 bits per heavy atom. The van der Waals surface area contributed by atoms with E-state index in [-0.39, 0.29) is 23.8 Å². The highest BCUT2D eigenvalue weighted by Crippen LogP contribution is 2.48. The van der Waals surface area contributed by atoms with E-state index < -0.39 is 17.8 Å². The molecule has 1 amide bonds. The fourth-order valence-electron chi connectivity index (χ4n) is 4.81. The van der Waals surface area contributed by atoms with Crippen LogP contribution in [0.4, 0.5) is 0 Å². The van der Waals surface area contributed by atoms with Gasteiger partial charge in [-0.15, -0.1) is 0 Å². The molecular formula is C21H25NO3. The van der Waals surface area contributed by atoms with Gasteiger partial charge in [0.2, 0.25) is 5.91 Å². The summed E-state index contributed by atoms with van der Waals surface area (Å²) in [6, 6.07) is 10.1. The molecule has 0 heterocycles. The second-order valence-electron chi connectivity index (χ2n) is 7.84. The highest BCUT2D eigenvalue weighted by molar-refractivity contribution is 5.87. The van der Waals surface area contributed by atoms with Gasteiger partial charge in [0.15, 0.2) is 0 Å². The zero-order valence-electron chi connectivity index (χ0n) is 14.3. The van der Waals surface area contributed by atoms with Gasteiger partial charge in [0.25, 0.3) is 0 Å². The summed E-state index contributed by atoms with van der Waals surface area (Å²) in [7, 11) is 0. The van der Waals surface area contributed by atoms with E-state index in [1.165, 1.54) is 19.3 Å². The zero-order valence-corrected chi connectivity index (χ0v) is 14.3. The summed E-state index contributed by atoms with van der Waals surface area (Å²) in [4.78, 5) is 24.7. The number of fused-ring (bicyclic) bond motifs is 2. The van der Waals surface area contributed by atoms with E-state index in [9.17, 15) is 14.7 Å². The largest absolute Gasteiger partial charge is 0.481 e. The van der Waals surface area contributed by atoms with Gasteiger partial charge in [-0.3, -0.25) is 9.59 Å². The number of rotatable bonds is 6. The summed E-state index contributed by atoms with van der Waals surface area (Å²) in [6.07, 6.45) is 9.51. The van der Waals surface area contributed by atoms with Gasteiger partial charge in [0.05, 0.1) is 17.9 Å². The van der Waals surface area contributed by atoms with Crippen LogP contribution in [-0.2, 0) is 9.59 Å². The summed E-state index contributed by atoms with van der Waals surface area (Å²) in [5.74, 6) is -1.17. The average Bonchev–Trinajstić information content (AvgIpc) is 3.18. The minimum atomic E-state index is -0.841.